The second-order valence-electron chi connectivity index (χ2n) is 8.76. The number of aryl methyl sites for hydroxylation is 1. The lowest BCUT2D eigenvalue weighted by Crippen LogP contribution is -2.13. The van der Waals surface area contributed by atoms with Crippen molar-refractivity contribution >= 4 is 11.9 Å². The van der Waals surface area contributed by atoms with Gasteiger partial charge in [-0.1, -0.05) is 66.4 Å². The van der Waals surface area contributed by atoms with E-state index in [1.54, 1.807) is 6.07 Å². The topological polar surface area (TPSA) is 52.6 Å². The lowest BCUT2D eigenvalue weighted by molar-refractivity contribution is -0.137. The number of benzene rings is 1. The van der Waals surface area contributed by atoms with Gasteiger partial charge in [0, 0.05) is 12.8 Å². The maximum atomic E-state index is 12.4. The highest BCUT2D eigenvalue weighted by molar-refractivity contribution is 5.77. The Morgan fingerprint density at radius 3 is 1.83 bits per heavy atom. The molecule has 0 bridgehead atoms. The molecule has 164 valence electrons. The molecule has 0 aliphatic carbocycles. The van der Waals surface area contributed by atoms with Crippen LogP contribution in [0, 0.1) is 18.8 Å². The summed E-state index contributed by atoms with van der Waals surface area (Å²) in [6, 6.07) is 3.69. The zero-order valence-corrected chi connectivity index (χ0v) is 19.3. The number of hydrogen-bond donors (Lipinski definition) is 0. The van der Waals surface area contributed by atoms with Gasteiger partial charge in [0.15, 0.2) is 11.5 Å². The third-order valence-electron chi connectivity index (χ3n) is 5.13. The lowest BCUT2D eigenvalue weighted by Gasteiger charge is -2.15. The summed E-state index contributed by atoms with van der Waals surface area (Å²) in [4.78, 5) is 24.6. The fourth-order valence-corrected chi connectivity index (χ4v) is 3.28. The van der Waals surface area contributed by atoms with Crippen LogP contribution in [0.25, 0.3) is 0 Å². The molecule has 0 saturated heterocycles. The van der Waals surface area contributed by atoms with Crippen molar-refractivity contribution in [1.82, 2.24) is 0 Å². The Morgan fingerprint density at radius 2 is 1.34 bits per heavy atom. The maximum absolute atomic E-state index is 12.4. The molecule has 1 aromatic carbocycles. The summed E-state index contributed by atoms with van der Waals surface area (Å²) in [6.45, 7) is 12.7. The van der Waals surface area contributed by atoms with Crippen molar-refractivity contribution in [1.29, 1.82) is 0 Å². The third-order valence-corrected chi connectivity index (χ3v) is 5.13. The molecule has 4 heteroatoms. The van der Waals surface area contributed by atoms with Crippen molar-refractivity contribution in [2.24, 2.45) is 11.8 Å². The molecular weight excluding hydrogens is 364 g/mol. The Labute approximate surface area is 177 Å². The molecule has 0 amide bonds. The first-order valence-electron chi connectivity index (χ1n) is 11.3. The van der Waals surface area contributed by atoms with Gasteiger partial charge >= 0.3 is 11.9 Å². The van der Waals surface area contributed by atoms with Crippen molar-refractivity contribution in [3.8, 4) is 11.5 Å². The van der Waals surface area contributed by atoms with Crippen LogP contribution in [0.4, 0.5) is 0 Å². The van der Waals surface area contributed by atoms with Gasteiger partial charge in [-0.2, -0.15) is 0 Å². The number of carbonyl (C=O) groups excluding carboxylic acids is 2. The Hall–Kier alpha value is -1.84. The molecule has 4 nitrogen and oxygen atoms in total. The van der Waals surface area contributed by atoms with E-state index in [1.165, 1.54) is 0 Å². The van der Waals surface area contributed by atoms with Crippen LogP contribution in [0.15, 0.2) is 12.1 Å². The maximum Gasteiger partial charge on any atom is 0.311 e. The molecular formula is C25H40O4. The van der Waals surface area contributed by atoms with Gasteiger partial charge in [-0.15, -0.1) is 0 Å². The van der Waals surface area contributed by atoms with Crippen LogP contribution in [0.3, 0.4) is 0 Å². The number of hydrogen-bond acceptors (Lipinski definition) is 4. The van der Waals surface area contributed by atoms with Crippen molar-refractivity contribution in [2.45, 2.75) is 99.3 Å². The molecule has 0 heterocycles. The van der Waals surface area contributed by atoms with E-state index in [0.29, 0.717) is 36.2 Å². The number of rotatable bonds is 13. The number of carbonyl (C=O) groups is 2. The Morgan fingerprint density at radius 1 is 0.828 bits per heavy atom. The molecule has 0 aliphatic heterocycles. The highest BCUT2D eigenvalue weighted by atomic mass is 16.6. The van der Waals surface area contributed by atoms with Gasteiger partial charge in [0.05, 0.1) is 0 Å². The Bertz CT molecular complexity index is 646. The average Bonchev–Trinajstić information content (AvgIpc) is 2.65. The average molecular weight is 405 g/mol. The van der Waals surface area contributed by atoms with Crippen molar-refractivity contribution in [2.75, 3.05) is 0 Å². The second-order valence-corrected chi connectivity index (χ2v) is 8.76. The van der Waals surface area contributed by atoms with Crippen LogP contribution >= 0.6 is 0 Å². The number of ether oxygens (including phenoxy) is 2. The number of unbranched alkanes of at least 4 members (excludes halogenated alkanes) is 2. The van der Waals surface area contributed by atoms with E-state index in [2.05, 4.69) is 34.6 Å². The van der Waals surface area contributed by atoms with Gasteiger partial charge in [0.2, 0.25) is 0 Å². The molecule has 0 unspecified atom stereocenters. The number of esters is 2. The van der Waals surface area contributed by atoms with Crippen LogP contribution in [-0.2, 0) is 16.0 Å². The molecule has 0 fully saturated rings. The van der Waals surface area contributed by atoms with E-state index in [-0.39, 0.29) is 11.9 Å². The SMILES string of the molecule is CCc1ccc(OC(=O)CCCCC(C)C)c(OC(=O)CCCCC(C)C)c1C. The van der Waals surface area contributed by atoms with Crippen LogP contribution < -0.4 is 9.47 Å². The van der Waals surface area contributed by atoms with Gasteiger partial charge in [-0.05, 0) is 55.2 Å². The third kappa shape index (κ3) is 9.96. The fourth-order valence-electron chi connectivity index (χ4n) is 3.28. The lowest BCUT2D eigenvalue weighted by atomic mass is 10.0. The summed E-state index contributed by atoms with van der Waals surface area (Å²) in [5.74, 6) is 1.49. The van der Waals surface area contributed by atoms with E-state index in [0.717, 1.165) is 56.1 Å². The highest BCUT2D eigenvalue weighted by Crippen LogP contribution is 2.34. The normalized spacial score (nSPS) is 11.2. The zero-order chi connectivity index (χ0) is 21.8. The van der Waals surface area contributed by atoms with E-state index in [9.17, 15) is 9.59 Å². The van der Waals surface area contributed by atoms with Gasteiger partial charge in [0.1, 0.15) is 0 Å². The van der Waals surface area contributed by atoms with Gasteiger partial charge in [0.25, 0.3) is 0 Å². The minimum Gasteiger partial charge on any atom is -0.423 e. The first kappa shape index (κ1) is 25.2. The minimum absolute atomic E-state index is 0.264. The molecule has 0 N–H and O–H groups in total. The summed E-state index contributed by atoms with van der Waals surface area (Å²) in [7, 11) is 0. The summed E-state index contributed by atoms with van der Waals surface area (Å²) < 4.78 is 11.2. The molecule has 0 aromatic heterocycles. The second kappa shape index (κ2) is 13.4. The molecule has 0 atom stereocenters. The standard InChI is InChI=1S/C25H40O4/c1-7-21-16-17-22(28-23(26)14-10-8-12-18(2)3)25(20(21)6)29-24(27)15-11-9-13-19(4)5/h16-19H,7-15H2,1-6H3. The van der Waals surface area contributed by atoms with Crippen molar-refractivity contribution in [3.63, 3.8) is 0 Å². The van der Waals surface area contributed by atoms with Crippen LogP contribution in [0.2, 0.25) is 0 Å². The molecule has 1 rings (SSSR count). The Kier molecular flexibility index (Phi) is 11.6. The van der Waals surface area contributed by atoms with Crippen LogP contribution in [-0.4, -0.2) is 11.9 Å². The van der Waals surface area contributed by atoms with Gasteiger partial charge in [-0.25, -0.2) is 0 Å². The molecule has 0 aliphatic rings. The van der Waals surface area contributed by atoms with Gasteiger partial charge < -0.3 is 9.47 Å². The molecule has 29 heavy (non-hydrogen) atoms. The largest absolute Gasteiger partial charge is 0.423 e. The molecule has 1 aromatic rings. The summed E-state index contributed by atoms with van der Waals surface area (Å²) in [6.07, 6.45) is 7.46. The van der Waals surface area contributed by atoms with E-state index in [4.69, 9.17) is 9.47 Å². The molecule has 0 radical (unpaired) electrons. The van der Waals surface area contributed by atoms with Crippen molar-refractivity contribution < 1.29 is 19.1 Å². The first-order valence-corrected chi connectivity index (χ1v) is 11.3. The zero-order valence-electron chi connectivity index (χ0n) is 19.3. The highest BCUT2D eigenvalue weighted by Gasteiger charge is 2.18. The Balaban J connectivity index is 2.73. The van der Waals surface area contributed by atoms with Crippen molar-refractivity contribution in [3.05, 3.63) is 23.3 Å². The predicted octanol–water partition coefficient (Wildman–Crippen LogP) is 6.80. The summed E-state index contributed by atoms with van der Waals surface area (Å²) >= 11 is 0. The first-order chi connectivity index (χ1) is 13.7. The fraction of sp³-hybridized carbons (Fsp3) is 0.680. The minimum atomic E-state index is -0.272. The van der Waals surface area contributed by atoms with Crippen LogP contribution in [0.1, 0.15) is 97.1 Å². The molecule has 0 saturated carbocycles. The monoisotopic (exact) mass is 404 g/mol. The quantitative estimate of drug-likeness (QED) is 0.206. The smallest absolute Gasteiger partial charge is 0.311 e. The predicted molar refractivity (Wildman–Crippen MR) is 118 cm³/mol. The molecule has 0 spiro atoms. The summed E-state index contributed by atoms with van der Waals surface area (Å²) in [5.41, 5.74) is 1.96. The van der Waals surface area contributed by atoms with Crippen LogP contribution in [0.5, 0.6) is 11.5 Å². The summed E-state index contributed by atoms with van der Waals surface area (Å²) in [5, 5.41) is 0. The van der Waals surface area contributed by atoms with E-state index < -0.39 is 0 Å². The van der Waals surface area contributed by atoms with E-state index in [1.807, 2.05) is 13.0 Å². The van der Waals surface area contributed by atoms with E-state index >= 15 is 0 Å². The van der Waals surface area contributed by atoms with Gasteiger partial charge in [-0.3, -0.25) is 9.59 Å².